The van der Waals surface area contributed by atoms with Crippen molar-refractivity contribution >= 4 is 28.6 Å². The molecule has 5 heteroatoms. The molecule has 0 saturated carbocycles. The molecule has 0 saturated heterocycles. The van der Waals surface area contributed by atoms with E-state index >= 15 is 0 Å². The third-order valence-electron chi connectivity index (χ3n) is 2.87. The number of rotatable bonds is 1. The second-order valence-electron chi connectivity index (χ2n) is 4.42. The van der Waals surface area contributed by atoms with Gasteiger partial charge in [0.05, 0.1) is 11.0 Å². The van der Waals surface area contributed by atoms with E-state index in [1.807, 2.05) is 30.3 Å². The van der Waals surface area contributed by atoms with Crippen LogP contribution in [0.15, 0.2) is 42.5 Å². The highest BCUT2D eigenvalue weighted by molar-refractivity contribution is 6.08. The van der Waals surface area contributed by atoms with Gasteiger partial charge in [-0.2, -0.15) is 0 Å². The maximum absolute atomic E-state index is 5.67. The molecule has 3 N–H and O–H groups in total. The van der Waals surface area contributed by atoms with Crippen LogP contribution in [0.3, 0.4) is 0 Å². The molecule has 0 fully saturated rings. The summed E-state index contributed by atoms with van der Waals surface area (Å²) in [6.07, 6.45) is 6.12. The van der Waals surface area contributed by atoms with E-state index in [4.69, 9.17) is 5.73 Å². The van der Waals surface area contributed by atoms with E-state index in [0.717, 1.165) is 28.1 Å². The number of terminal acetylenes is 1. The summed E-state index contributed by atoms with van der Waals surface area (Å²) in [5.74, 6) is 0.880. The van der Waals surface area contributed by atoms with Gasteiger partial charge in [0.2, 0.25) is 0 Å². The van der Waals surface area contributed by atoms with Gasteiger partial charge in [0.25, 0.3) is 0 Å². The Labute approximate surface area is 128 Å². The molecule has 0 spiro atoms. The first-order chi connectivity index (χ1) is 10.1. The zero-order valence-electron chi connectivity index (χ0n) is 11.4. The minimum Gasteiger partial charge on any atom is -0.399 e. The molecule has 1 heterocycles. The van der Waals surface area contributed by atoms with E-state index in [1.54, 1.807) is 6.11 Å². The van der Waals surface area contributed by atoms with Gasteiger partial charge >= 0.3 is 0 Å². The summed E-state index contributed by atoms with van der Waals surface area (Å²) in [6, 6.07) is 13.9. The molecule has 106 valence electrons. The smallest absolute Gasteiger partial charge is 0.147 e. The predicted molar refractivity (Wildman–Crippen MR) is 86.5 cm³/mol. The van der Waals surface area contributed by atoms with Gasteiger partial charge in [-0.1, -0.05) is 12.5 Å². The number of aromatic nitrogens is 2. The number of nitrogens with one attached hydrogen (secondary N) is 1. The molecule has 0 amide bonds. The summed E-state index contributed by atoms with van der Waals surface area (Å²) in [4.78, 5) is 7.88. The van der Waals surface area contributed by atoms with Crippen LogP contribution in [0, 0.1) is 19.5 Å². The highest BCUT2D eigenvalue weighted by atomic mass is 35.5. The number of nitrogens with zero attached hydrogens (tertiary/aromatic N) is 1. The molecule has 0 aliphatic rings. The SMILES string of the molecule is C#COCl.Cc1ccc2nc(-c3ccc(N)cc3)[nH]c2c1. The Morgan fingerprint density at radius 3 is 2.52 bits per heavy atom. The molecule has 1 aromatic heterocycles. The molecule has 0 aliphatic heterocycles. The van der Waals surface area contributed by atoms with Crippen LogP contribution in [0.25, 0.3) is 22.4 Å². The summed E-state index contributed by atoms with van der Waals surface area (Å²) < 4.78 is 3.54. The second-order valence-corrected chi connectivity index (χ2v) is 4.58. The van der Waals surface area contributed by atoms with Crippen molar-refractivity contribution in [2.45, 2.75) is 6.92 Å². The van der Waals surface area contributed by atoms with Gasteiger partial charge in [-0.3, -0.25) is 0 Å². The number of nitrogen functional groups attached to an aromatic ring is 1. The Morgan fingerprint density at radius 2 is 1.90 bits per heavy atom. The lowest BCUT2D eigenvalue weighted by Crippen LogP contribution is -1.84. The molecule has 0 radical (unpaired) electrons. The molecule has 4 nitrogen and oxygen atoms in total. The molecule has 0 aliphatic carbocycles. The minimum atomic E-state index is 0.765. The van der Waals surface area contributed by atoms with Gasteiger partial charge < -0.3 is 15.0 Å². The van der Waals surface area contributed by atoms with Gasteiger partial charge in [-0.15, -0.1) is 0 Å². The van der Waals surface area contributed by atoms with Gasteiger partial charge in [0, 0.05) is 11.3 Å². The fourth-order valence-electron chi connectivity index (χ4n) is 1.90. The zero-order valence-corrected chi connectivity index (χ0v) is 12.2. The van der Waals surface area contributed by atoms with Crippen LogP contribution >= 0.6 is 11.9 Å². The lowest BCUT2D eigenvalue weighted by atomic mass is 10.2. The maximum atomic E-state index is 5.67. The quantitative estimate of drug-likeness (QED) is 0.529. The van der Waals surface area contributed by atoms with Crippen LogP contribution in [-0.2, 0) is 4.29 Å². The molecule has 0 unspecified atom stereocenters. The Hall–Kier alpha value is -2.64. The van der Waals surface area contributed by atoms with Gasteiger partial charge in [0.15, 0.2) is 0 Å². The Bertz CT molecular complexity index is 772. The molecule has 21 heavy (non-hydrogen) atoms. The number of H-pyrrole nitrogens is 1. The average Bonchev–Trinajstić information content (AvgIpc) is 2.91. The van der Waals surface area contributed by atoms with Crippen molar-refractivity contribution in [2.75, 3.05) is 5.73 Å². The molecule has 0 atom stereocenters. The predicted octanol–water partition coefficient (Wildman–Crippen LogP) is 3.87. The van der Waals surface area contributed by atoms with Gasteiger partial charge in [-0.25, -0.2) is 4.98 Å². The number of aryl methyl sites for hydroxylation is 1. The first kappa shape index (κ1) is 14.8. The molecule has 2 aromatic carbocycles. The monoisotopic (exact) mass is 299 g/mol. The fourth-order valence-corrected chi connectivity index (χ4v) is 1.90. The zero-order chi connectivity index (χ0) is 15.2. The van der Waals surface area contributed by atoms with Crippen LogP contribution in [0.1, 0.15) is 5.56 Å². The number of fused-ring (bicyclic) bond motifs is 1. The average molecular weight is 300 g/mol. The highest BCUT2D eigenvalue weighted by Crippen LogP contribution is 2.21. The van der Waals surface area contributed by atoms with Gasteiger partial charge in [0.1, 0.15) is 23.8 Å². The standard InChI is InChI=1S/C14H13N3.C2HClO/c1-9-2-7-12-13(8-9)17-14(16-12)10-3-5-11(15)6-4-10;1-2-4-3/h2-8H,15H2,1H3,(H,16,17);1H. The van der Waals surface area contributed by atoms with E-state index in [0.29, 0.717) is 0 Å². The van der Waals surface area contributed by atoms with Crippen molar-refractivity contribution in [3.8, 4) is 23.9 Å². The molecular weight excluding hydrogens is 286 g/mol. The van der Waals surface area contributed by atoms with Crippen LogP contribution < -0.4 is 5.73 Å². The molecule has 3 rings (SSSR count). The van der Waals surface area contributed by atoms with Crippen molar-refractivity contribution in [1.82, 2.24) is 9.97 Å². The Kier molecular flexibility index (Phi) is 4.70. The van der Waals surface area contributed by atoms with Crippen LogP contribution in [-0.4, -0.2) is 9.97 Å². The van der Waals surface area contributed by atoms with Crippen molar-refractivity contribution in [3.63, 3.8) is 0 Å². The highest BCUT2D eigenvalue weighted by Gasteiger charge is 2.04. The molecular formula is C16H14ClN3O. The van der Waals surface area contributed by atoms with Crippen molar-refractivity contribution in [1.29, 1.82) is 0 Å². The Balaban J connectivity index is 0.000000361. The first-order valence-corrected chi connectivity index (χ1v) is 6.50. The van der Waals surface area contributed by atoms with Crippen molar-refractivity contribution in [2.24, 2.45) is 0 Å². The lowest BCUT2D eigenvalue weighted by molar-refractivity contribution is 0.583. The third kappa shape index (κ3) is 3.68. The number of nitrogens with two attached hydrogens (primary N) is 1. The van der Waals surface area contributed by atoms with E-state index in [-0.39, 0.29) is 0 Å². The number of benzene rings is 2. The Morgan fingerprint density at radius 1 is 1.24 bits per heavy atom. The fraction of sp³-hybridized carbons (Fsp3) is 0.0625. The number of aromatic amines is 1. The third-order valence-corrected chi connectivity index (χ3v) is 2.96. The second kappa shape index (κ2) is 6.69. The topological polar surface area (TPSA) is 63.9 Å². The van der Waals surface area contributed by atoms with Crippen LogP contribution in [0.4, 0.5) is 5.69 Å². The number of hydrogen-bond acceptors (Lipinski definition) is 3. The van der Waals surface area contributed by atoms with Crippen LogP contribution in [0.5, 0.6) is 0 Å². The van der Waals surface area contributed by atoms with Crippen molar-refractivity contribution in [3.05, 3.63) is 48.0 Å². The minimum absolute atomic E-state index is 0.765. The number of halogens is 1. The van der Waals surface area contributed by atoms with E-state index < -0.39 is 0 Å². The lowest BCUT2D eigenvalue weighted by Gasteiger charge is -1.96. The van der Waals surface area contributed by atoms with Crippen LogP contribution in [0.2, 0.25) is 0 Å². The summed E-state index contributed by atoms with van der Waals surface area (Å²) in [5, 5.41) is 0. The maximum Gasteiger partial charge on any atom is 0.147 e. The largest absolute Gasteiger partial charge is 0.399 e. The van der Waals surface area contributed by atoms with E-state index in [1.165, 1.54) is 5.56 Å². The van der Waals surface area contributed by atoms with Crippen molar-refractivity contribution < 1.29 is 4.29 Å². The van der Waals surface area contributed by atoms with E-state index in [2.05, 4.69) is 51.6 Å². The summed E-state index contributed by atoms with van der Waals surface area (Å²) >= 11 is 4.45. The number of anilines is 1. The number of imidazole rings is 1. The first-order valence-electron chi connectivity index (χ1n) is 6.19. The van der Waals surface area contributed by atoms with E-state index in [9.17, 15) is 0 Å². The summed E-state index contributed by atoms with van der Waals surface area (Å²) in [6.45, 7) is 2.07. The molecule has 3 aromatic rings. The summed E-state index contributed by atoms with van der Waals surface area (Å²) in [7, 11) is 0. The number of hydrogen-bond donors (Lipinski definition) is 2. The molecule has 0 bridgehead atoms. The summed E-state index contributed by atoms with van der Waals surface area (Å²) in [5.41, 5.74) is 10.8. The normalized spacial score (nSPS) is 9.57. The van der Waals surface area contributed by atoms with Gasteiger partial charge in [-0.05, 0) is 48.9 Å².